The van der Waals surface area contributed by atoms with E-state index in [0.717, 1.165) is 0 Å². The van der Waals surface area contributed by atoms with Crippen LogP contribution in [0.4, 0.5) is 0 Å². The Morgan fingerprint density at radius 3 is 1.69 bits per heavy atom. The Bertz CT molecular complexity index is 620. The standard InChI is InChI=1S/C13H20.C12H19N/c1-10(2)11-7-6-8-12(9-11)13(3,4)5;1-9(2)11-8-10(6-7-13-11)12(3,4)5/h6-10H,1-5H3;6-9H,1-5H3. The first kappa shape index (κ1) is 22.4. The van der Waals surface area contributed by atoms with Gasteiger partial charge in [0.25, 0.3) is 0 Å². The third-order valence-electron chi connectivity index (χ3n) is 4.66. The summed E-state index contributed by atoms with van der Waals surface area (Å²) in [6, 6.07) is 13.2. The van der Waals surface area contributed by atoms with Gasteiger partial charge in [0.05, 0.1) is 0 Å². The van der Waals surface area contributed by atoms with Crippen molar-refractivity contribution in [2.45, 2.75) is 91.9 Å². The first-order chi connectivity index (χ1) is 11.8. The zero-order valence-corrected chi connectivity index (χ0v) is 18.6. The molecule has 0 radical (unpaired) electrons. The van der Waals surface area contributed by atoms with E-state index in [0.29, 0.717) is 11.8 Å². The summed E-state index contributed by atoms with van der Waals surface area (Å²) in [7, 11) is 0. The number of nitrogens with zero attached hydrogens (tertiary/aromatic N) is 1. The summed E-state index contributed by atoms with van der Waals surface area (Å²) in [6.45, 7) is 22.3. The van der Waals surface area contributed by atoms with E-state index in [2.05, 4.69) is 111 Å². The summed E-state index contributed by atoms with van der Waals surface area (Å²) in [6.07, 6.45) is 1.91. The third kappa shape index (κ3) is 6.94. The summed E-state index contributed by atoms with van der Waals surface area (Å²) in [4.78, 5) is 4.35. The van der Waals surface area contributed by atoms with E-state index in [-0.39, 0.29) is 10.8 Å². The molecular formula is C25H39N. The molecule has 0 saturated carbocycles. The van der Waals surface area contributed by atoms with Crippen LogP contribution in [0.25, 0.3) is 0 Å². The molecule has 1 aromatic carbocycles. The molecule has 0 aliphatic heterocycles. The first-order valence-electron chi connectivity index (χ1n) is 9.89. The Kier molecular flexibility index (Phi) is 7.62. The van der Waals surface area contributed by atoms with Crippen LogP contribution in [0.1, 0.15) is 103 Å². The normalized spacial score (nSPS) is 12.2. The van der Waals surface area contributed by atoms with Gasteiger partial charge < -0.3 is 0 Å². The number of hydrogen-bond donors (Lipinski definition) is 0. The highest BCUT2D eigenvalue weighted by atomic mass is 14.7. The van der Waals surface area contributed by atoms with Crippen LogP contribution in [0.2, 0.25) is 0 Å². The molecule has 0 unspecified atom stereocenters. The number of pyridine rings is 1. The lowest BCUT2D eigenvalue weighted by Gasteiger charge is -2.20. The van der Waals surface area contributed by atoms with Crippen molar-refractivity contribution in [1.82, 2.24) is 4.98 Å². The summed E-state index contributed by atoms with van der Waals surface area (Å²) in [5.41, 5.74) is 5.92. The maximum Gasteiger partial charge on any atom is 0.0431 e. The highest BCUT2D eigenvalue weighted by Crippen LogP contribution is 2.25. The van der Waals surface area contributed by atoms with E-state index < -0.39 is 0 Å². The van der Waals surface area contributed by atoms with Crippen molar-refractivity contribution >= 4 is 0 Å². The summed E-state index contributed by atoms with van der Waals surface area (Å²) in [5.74, 6) is 1.14. The molecule has 0 atom stereocenters. The minimum Gasteiger partial charge on any atom is -0.261 e. The molecule has 0 spiro atoms. The average molecular weight is 354 g/mol. The van der Waals surface area contributed by atoms with Crippen molar-refractivity contribution in [2.24, 2.45) is 0 Å². The molecule has 2 aromatic rings. The van der Waals surface area contributed by atoms with Crippen molar-refractivity contribution in [3.8, 4) is 0 Å². The Morgan fingerprint density at radius 2 is 1.23 bits per heavy atom. The van der Waals surface area contributed by atoms with Crippen LogP contribution < -0.4 is 0 Å². The average Bonchev–Trinajstić information content (AvgIpc) is 2.54. The van der Waals surface area contributed by atoms with Gasteiger partial charge >= 0.3 is 0 Å². The second kappa shape index (κ2) is 8.84. The van der Waals surface area contributed by atoms with Crippen LogP contribution >= 0.6 is 0 Å². The van der Waals surface area contributed by atoms with Gasteiger partial charge in [0.2, 0.25) is 0 Å². The molecule has 26 heavy (non-hydrogen) atoms. The first-order valence-corrected chi connectivity index (χ1v) is 9.89. The Balaban J connectivity index is 0.000000260. The largest absolute Gasteiger partial charge is 0.261 e. The molecule has 1 heteroatoms. The van der Waals surface area contributed by atoms with Crippen LogP contribution in [-0.2, 0) is 10.8 Å². The number of hydrogen-bond acceptors (Lipinski definition) is 1. The SMILES string of the molecule is CC(C)c1cc(C(C)(C)C)ccn1.CC(C)c1cccc(C(C)(C)C)c1. The summed E-state index contributed by atoms with van der Waals surface area (Å²) in [5, 5.41) is 0. The fourth-order valence-electron chi connectivity index (χ4n) is 2.59. The molecule has 1 aromatic heterocycles. The monoisotopic (exact) mass is 353 g/mol. The molecule has 0 fully saturated rings. The molecule has 2 rings (SSSR count). The predicted molar refractivity (Wildman–Crippen MR) is 116 cm³/mol. The van der Waals surface area contributed by atoms with Crippen molar-refractivity contribution in [3.05, 3.63) is 65.0 Å². The van der Waals surface area contributed by atoms with Crippen LogP contribution in [0.5, 0.6) is 0 Å². The van der Waals surface area contributed by atoms with Crippen molar-refractivity contribution in [3.63, 3.8) is 0 Å². The number of benzene rings is 1. The maximum atomic E-state index is 4.35. The van der Waals surface area contributed by atoms with E-state index in [1.807, 2.05) is 6.20 Å². The van der Waals surface area contributed by atoms with Gasteiger partial charge in [-0.3, -0.25) is 4.98 Å². The zero-order valence-electron chi connectivity index (χ0n) is 18.6. The van der Waals surface area contributed by atoms with Crippen molar-refractivity contribution in [1.29, 1.82) is 0 Å². The van der Waals surface area contributed by atoms with Gasteiger partial charge in [-0.25, -0.2) is 0 Å². The number of aromatic nitrogens is 1. The predicted octanol–water partition coefficient (Wildman–Crippen LogP) is 7.61. The Labute approximate surface area is 162 Å². The Morgan fingerprint density at radius 1 is 0.692 bits per heavy atom. The van der Waals surface area contributed by atoms with Gasteiger partial charge in [0.1, 0.15) is 0 Å². The van der Waals surface area contributed by atoms with Gasteiger partial charge in [-0.1, -0.05) is 93.5 Å². The molecule has 0 amide bonds. The van der Waals surface area contributed by atoms with Crippen LogP contribution in [0.3, 0.4) is 0 Å². The summed E-state index contributed by atoms with van der Waals surface area (Å²) < 4.78 is 0. The van der Waals surface area contributed by atoms with E-state index in [4.69, 9.17) is 0 Å². The molecule has 0 aliphatic rings. The molecule has 1 heterocycles. The highest BCUT2D eigenvalue weighted by molar-refractivity contribution is 5.30. The van der Waals surface area contributed by atoms with Crippen LogP contribution in [-0.4, -0.2) is 4.98 Å². The maximum absolute atomic E-state index is 4.35. The van der Waals surface area contributed by atoms with E-state index >= 15 is 0 Å². The van der Waals surface area contributed by atoms with Crippen molar-refractivity contribution < 1.29 is 0 Å². The van der Waals surface area contributed by atoms with Crippen LogP contribution in [0.15, 0.2) is 42.6 Å². The smallest absolute Gasteiger partial charge is 0.0431 e. The molecule has 1 nitrogen and oxygen atoms in total. The van der Waals surface area contributed by atoms with E-state index in [1.54, 1.807) is 0 Å². The van der Waals surface area contributed by atoms with Crippen LogP contribution in [0, 0.1) is 0 Å². The highest BCUT2D eigenvalue weighted by Gasteiger charge is 2.15. The fourth-order valence-corrected chi connectivity index (χ4v) is 2.59. The van der Waals surface area contributed by atoms with Gasteiger partial charge in [-0.15, -0.1) is 0 Å². The second-order valence-electron chi connectivity index (χ2n) is 9.90. The molecule has 0 aliphatic carbocycles. The lowest BCUT2D eigenvalue weighted by molar-refractivity contribution is 0.586. The van der Waals surface area contributed by atoms with Gasteiger partial charge in [0.15, 0.2) is 0 Å². The third-order valence-corrected chi connectivity index (χ3v) is 4.66. The van der Waals surface area contributed by atoms with Gasteiger partial charge in [0, 0.05) is 11.9 Å². The summed E-state index contributed by atoms with van der Waals surface area (Å²) >= 11 is 0. The lowest BCUT2D eigenvalue weighted by Crippen LogP contribution is -2.12. The van der Waals surface area contributed by atoms with Gasteiger partial charge in [-0.2, -0.15) is 0 Å². The molecular weight excluding hydrogens is 314 g/mol. The molecule has 0 bridgehead atoms. The molecule has 144 valence electrons. The minimum atomic E-state index is 0.229. The topological polar surface area (TPSA) is 12.9 Å². The van der Waals surface area contributed by atoms with Gasteiger partial charge in [-0.05, 0) is 51.5 Å². The van der Waals surface area contributed by atoms with E-state index in [9.17, 15) is 0 Å². The van der Waals surface area contributed by atoms with E-state index in [1.165, 1.54) is 22.4 Å². The molecule has 0 N–H and O–H groups in total. The fraction of sp³-hybridized carbons (Fsp3) is 0.560. The quantitative estimate of drug-likeness (QED) is 0.541. The second-order valence-corrected chi connectivity index (χ2v) is 9.90. The molecule has 0 saturated heterocycles. The number of rotatable bonds is 2. The van der Waals surface area contributed by atoms with Crippen molar-refractivity contribution in [2.75, 3.05) is 0 Å². The minimum absolute atomic E-state index is 0.229. The Hall–Kier alpha value is -1.63. The zero-order chi connectivity index (χ0) is 20.1. The lowest BCUT2D eigenvalue weighted by atomic mass is 9.85.